The molecule has 1 aliphatic heterocycles. The van der Waals surface area contributed by atoms with Crippen molar-refractivity contribution in [1.29, 1.82) is 0 Å². The maximum Gasteiger partial charge on any atom is 0.0552 e. The van der Waals surface area contributed by atoms with Crippen molar-refractivity contribution in [3.8, 4) is 0 Å². The Kier molecular flexibility index (Phi) is 2.47. The molecule has 0 amide bonds. The van der Waals surface area contributed by atoms with Gasteiger partial charge in [-0.1, -0.05) is 12.1 Å². The number of piperidine rings is 1. The first kappa shape index (κ1) is 11.5. The number of nitrogens with one attached hydrogen (secondary N) is 2. The molecular formula is C16H20N2O. The van der Waals surface area contributed by atoms with Gasteiger partial charge in [0.15, 0.2) is 0 Å². The highest BCUT2D eigenvalue weighted by Gasteiger charge is 2.37. The summed E-state index contributed by atoms with van der Waals surface area (Å²) in [5, 5.41) is 15.0. The van der Waals surface area contributed by atoms with Crippen molar-refractivity contribution < 1.29 is 5.11 Å². The van der Waals surface area contributed by atoms with Crippen LogP contribution in [-0.4, -0.2) is 28.8 Å². The van der Waals surface area contributed by atoms with E-state index in [2.05, 4.69) is 34.7 Å². The van der Waals surface area contributed by atoms with Crippen LogP contribution in [0.15, 0.2) is 24.4 Å². The molecule has 1 aromatic heterocycles. The van der Waals surface area contributed by atoms with Gasteiger partial charge in [0.2, 0.25) is 0 Å². The molecule has 19 heavy (non-hydrogen) atoms. The van der Waals surface area contributed by atoms with Crippen LogP contribution in [0.4, 0.5) is 0 Å². The number of aliphatic hydroxyl groups is 1. The molecule has 0 spiro atoms. The van der Waals surface area contributed by atoms with Crippen LogP contribution in [0.3, 0.4) is 0 Å². The van der Waals surface area contributed by atoms with E-state index in [1.807, 2.05) is 6.92 Å². The lowest BCUT2D eigenvalue weighted by molar-refractivity contribution is 0.0913. The summed E-state index contributed by atoms with van der Waals surface area (Å²) >= 11 is 0. The molecule has 3 nitrogen and oxygen atoms in total. The van der Waals surface area contributed by atoms with Crippen molar-refractivity contribution in [3.63, 3.8) is 0 Å². The molecule has 1 aromatic carbocycles. The van der Waals surface area contributed by atoms with E-state index in [0.717, 1.165) is 19.4 Å². The Balaban J connectivity index is 1.80. The second kappa shape index (κ2) is 4.09. The molecule has 1 aliphatic carbocycles. The number of aromatic nitrogens is 1. The molecule has 3 heteroatoms. The van der Waals surface area contributed by atoms with Crippen LogP contribution in [0, 0.1) is 5.92 Å². The van der Waals surface area contributed by atoms with Crippen molar-refractivity contribution >= 4 is 10.9 Å². The molecule has 3 N–H and O–H groups in total. The molecular weight excluding hydrogens is 236 g/mol. The fourth-order valence-corrected chi connectivity index (χ4v) is 3.94. The normalized spacial score (nSPS) is 31.2. The average Bonchev–Trinajstić information content (AvgIpc) is 2.83. The highest BCUT2D eigenvalue weighted by Crippen LogP contribution is 2.42. The molecule has 0 saturated carbocycles. The maximum absolute atomic E-state index is 9.87. The van der Waals surface area contributed by atoms with Crippen LogP contribution in [0.5, 0.6) is 0 Å². The van der Waals surface area contributed by atoms with Gasteiger partial charge < -0.3 is 15.4 Å². The summed E-state index contributed by atoms with van der Waals surface area (Å²) < 4.78 is 0. The SMILES string of the molecule is CC(O)C1CN[C@@H]2Cc3c[nH]c4cccc(c34)[C@H]2C1. The molecule has 2 unspecified atom stereocenters. The predicted molar refractivity (Wildman–Crippen MR) is 76.3 cm³/mol. The quantitative estimate of drug-likeness (QED) is 0.732. The monoisotopic (exact) mass is 256 g/mol. The van der Waals surface area contributed by atoms with Gasteiger partial charge in [-0.15, -0.1) is 0 Å². The molecule has 2 aromatic rings. The van der Waals surface area contributed by atoms with Crippen LogP contribution in [0.1, 0.15) is 30.4 Å². The Morgan fingerprint density at radius 3 is 3.11 bits per heavy atom. The number of aromatic amines is 1. The lowest BCUT2D eigenvalue weighted by Crippen LogP contribution is -2.49. The van der Waals surface area contributed by atoms with E-state index in [1.54, 1.807) is 0 Å². The summed E-state index contributed by atoms with van der Waals surface area (Å²) in [5.41, 5.74) is 4.16. The highest BCUT2D eigenvalue weighted by atomic mass is 16.3. The van der Waals surface area contributed by atoms with Gasteiger partial charge in [-0.25, -0.2) is 0 Å². The predicted octanol–water partition coefficient (Wildman–Crippen LogP) is 2.17. The number of hydrogen-bond acceptors (Lipinski definition) is 2. The average molecular weight is 256 g/mol. The number of benzene rings is 1. The van der Waals surface area contributed by atoms with Crippen LogP contribution < -0.4 is 5.32 Å². The zero-order valence-corrected chi connectivity index (χ0v) is 11.2. The first-order chi connectivity index (χ1) is 9.24. The van der Waals surface area contributed by atoms with E-state index in [-0.39, 0.29) is 6.10 Å². The number of hydrogen-bond donors (Lipinski definition) is 3. The number of aliphatic hydroxyl groups excluding tert-OH is 1. The molecule has 2 aliphatic rings. The van der Waals surface area contributed by atoms with E-state index in [4.69, 9.17) is 0 Å². The van der Waals surface area contributed by atoms with Crippen molar-refractivity contribution in [1.82, 2.24) is 10.3 Å². The zero-order chi connectivity index (χ0) is 13.0. The van der Waals surface area contributed by atoms with Crippen molar-refractivity contribution in [2.24, 2.45) is 5.92 Å². The molecule has 0 radical (unpaired) electrons. The third-order valence-corrected chi connectivity index (χ3v) is 5.03. The fraction of sp³-hybridized carbons (Fsp3) is 0.500. The zero-order valence-electron chi connectivity index (χ0n) is 11.2. The number of rotatable bonds is 1. The second-order valence-electron chi connectivity index (χ2n) is 6.15. The van der Waals surface area contributed by atoms with Gasteiger partial charge >= 0.3 is 0 Å². The molecule has 4 rings (SSSR count). The Morgan fingerprint density at radius 1 is 1.37 bits per heavy atom. The van der Waals surface area contributed by atoms with E-state index in [9.17, 15) is 5.11 Å². The lowest BCUT2D eigenvalue weighted by atomic mass is 9.72. The van der Waals surface area contributed by atoms with E-state index >= 15 is 0 Å². The van der Waals surface area contributed by atoms with Crippen LogP contribution >= 0.6 is 0 Å². The smallest absolute Gasteiger partial charge is 0.0552 e. The standard InChI is InChI=1S/C16H20N2O/c1-9(19)10-5-13-12-3-2-4-14-16(12)11(8-17-14)6-15(13)18-7-10/h2-4,8-10,13,15,17-19H,5-7H2,1H3/t9?,10?,13-,15-/m1/s1. The van der Waals surface area contributed by atoms with Gasteiger partial charge in [-0.3, -0.25) is 0 Å². The third-order valence-electron chi connectivity index (χ3n) is 5.03. The van der Waals surface area contributed by atoms with Gasteiger partial charge in [-0.2, -0.15) is 0 Å². The van der Waals surface area contributed by atoms with Gasteiger partial charge in [0.05, 0.1) is 6.10 Å². The van der Waals surface area contributed by atoms with Crippen LogP contribution in [-0.2, 0) is 6.42 Å². The summed E-state index contributed by atoms with van der Waals surface area (Å²) in [4.78, 5) is 3.39. The Hall–Kier alpha value is -1.32. The van der Waals surface area contributed by atoms with E-state index in [1.165, 1.54) is 22.0 Å². The van der Waals surface area contributed by atoms with Gasteiger partial charge in [0.25, 0.3) is 0 Å². The summed E-state index contributed by atoms with van der Waals surface area (Å²) in [6, 6.07) is 7.10. The maximum atomic E-state index is 9.87. The van der Waals surface area contributed by atoms with Crippen LogP contribution in [0.25, 0.3) is 10.9 Å². The summed E-state index contributed by atoms with van der Waals surface area (Å²) in [7, 11) is 0. The minimum atomic E-state index is -0.222. The Bertz CT molecular complexity index is 616. The fourth-order valence-electron chi connectivity index (χ4n) is 3.94. The van der Waals surface area contributed by atoms with Crippen molar-refractivity contribution in [3.05, 3.63) is 35.5 Å². The van der Waals surface area contributed by atoms with Gasteiger partial charge in [0, 0.05) is 35.6 Å². The highest BCUT2D eigenvalue weighted by molar-refractivity contribution is 5.88. The molecule has 0 bridgehead atoms. The van der Waals surface area contributed by atoms with Crippen molar-refractivity contribution in [2.75, 3.05) is 6.54 Å². The summed E-state index contributed by atoms with van der Waals surface area (Å²) in [6.07, 6.45) is 4.14. The van der Waals surface area contributed by atoms with E-state index in [0.29, 0.717) is 17.9 Å². The molecule has 100 valence electrons. The Labute approximate surface area is 113 Å². The third kappa shape index (κ3) is 1.65. The molecule has 4 atom stereocenters. The largest absolute Gasteiger partial charge is 0.393 e. The second-order valence-corrected chi connectivity index (χ2v) is 6.15. The molecule has 1 saturated heterocycles. The molecule has 1 fully saturated rings. The van der Waals surface area contributed by atoms with Gasteiger partial charge in [-0.05, 0) is 42.9 Å². The first-order valence-corrected chi connectivity index (χ1v) is 7.24. The minimum absolute atomic E-state index is 0.222. The molecule has 2 heterocycles. The Morgan fingerprint density at radius 2 is 2.26 bits per heavy atom. The number of fused-ring (bicyclic) bond motifs is 2. The number of H-pyrrole nitrogens is 1. The van der Waals surface area contributed by atoms with Crippen LogP contribution in [0.2, 0.25) is 0 Å². The summed E-state index contributed by atoms with van der Waals surface area (Å²) in [5.74, 6) is 0.914. The minimum Gasteiger partial charge on any atom is -0.393 e. The first-order valence-electron chi connectivity index (χ1n) is 7.24. The lowest BCUT2D eigenvalue weighted by Gasteiger charge is -2.41. The summed E-state index contributed by atoms with van der Waals surface area (Å²) in [6.45, 7) is 2.85. The topological polar surface area (TPSA) is 48.0 Å². The van der Waals surface area contributed by atoms with Gasteiger partial charge in [0.1, 0.15) is 0 Å². The van der Waals surface area contributed by atoms with Crippen molar-refractivity contribution in [2.45, 2.75) is 37.8 Å². The van der Waals surface area contributed by atoms with E-state index < -0.39 is 0 Å².